The molecule has 0 radical (unpaired) electrons. The Balaban J connectivity index is 2.81. The first kappa shape index (κ1) is 15.0. The Bertz CT molecular complexity index is 410. The maximum atomic E-state index is 11.9. The smallest absolute Gasteiger partial charge is 0.325 e. The summed E-state index contributed by atoms with van der Waals surface area (Å²) in [5, 5.41) is 0. The zero-order chi connectivity index (χ0) is 14.0. The highest BCUT2D eigenvalue weighted by Gasteiger charge is 2.35. The summed E-state index contributed by atoms with van der Waals surface area (Å²) in [6.07, 6.45) is 0. The minimum absolute atomic E-state index is 0.496. The molecule has 0 aromatic heterocycles. The van der Waals surface area contributed by atoms with Crippen LogP contribution in [0, 0.1) is 0 Å². The summed E-state index contributed by atoms with van der Waals surface area (Å²) >= 11 is 6.03. The molecule has 0 unspecified atom stereocenters. The Morgan fingerprint density at radius 2 is 1.72 bits per heavy atom. The Kier molecular flexibility index (Phi) is 4.41. The quantitative estimate of drug-likeness (QED) is 0.675. The summed E-state index contributed by atoms with van der Waals surface area (Å²) in [6, 6.07) is 8.67. The van der Waals surface area contributed by atoms with E-state index >= 15 is 0 Å². The average Bonchev–Trinajstić information content (AvgIpc) is 2.27. The molecule has 1 atom stereocenters. The maximum absolute atomic E-state index is 11.9. The van der Waals surface area contributed by atoms with Crippen molar-refractivity contribution in [2.24, 2.45) is 5.73 Å². The molecular formula is C14H20ClNO2. The zero-order valence-electron chi connectivity index (χ0n) is 11.2. The predicted molar refractivity (Wildman–Crippen MR) is 73.5 cm³/mol. The van der Waals surface area contributed by atoms with Crippen LogP contribution in [0.5, 0.6) is 0 Å². The first-order valence-corrected chi connectivity index (χ1v) is 6.25. The number of ether oxygens (including phenoxy) is 1. The summed E-state index contributed by atoms with van der Waals surface area (Å²) in [4.78, 5) is 11.1. The van der Waals surface area contributed by atoms with E-state index in [2.05, 4.69) is 0 Å². The molecule has 1 rings (SSSR count). The SMILES string of the molecule is CC(C)(OC(=O)[C@@H](N)C(C)(C)Cl)c1ccccc1. The van der Waals surface area contributed by atoms with Gasteiger partial charge in [0.05, 0.1) is 4.87 Å². The third-order valence-corrected chi connectivity index (χ3v) is 3.05. The van der Waals surface area contributed by atoms with Gasteiger partial charge in [-0.2, -0.15) is 0 Å². The van der Waals surface area contributed by atoms with Crippen molar-refractivity contribution in [2.45, 2.75) is 44.2 Å². The van der Waals surface area contributed by atoms with Crippen LogP contribution in [0.25, 0.3) is 0 Å². The molecule has 0 aliphatic rings. The number of carbonyl (C=O) groups is 1. The Hall–Kier alpha value is -1.06. The van der Waals surface area contributed by atoms with Crippen molar-refractivity contribution in [1.82, 2.24) is 0 Å². The van der Waals surface area contributed by atoms with E-state index in [0.29, 0.717) is 0 Å². The van der Waals surface area contributed by atoms with E-state index in [0.717, 1.165) is 5.56 Å². The third-order valence-electron chi connectivity index (χ3n) is 2.82. The number of halogens is 1. The van der Waals surface area contributed by atoms with E-state index in [4.69, 9.17) is 22.1 Å². The van der Waals surface area contributed by atoms with Gasteiger partial charge in [-0.05, 0) is 33.3 Å². The van der Waals surface area contributed by atoms with Crippen LogP contribution in [0.3, 0.4) is 0 Å². The van der Waals surface area contributed by atoms with Crippen molar-refractivity contribution >= 4 is 17.6 Å². The normalized spacial score (nSPS) is 14.1. The van der Waals surface area contributed by atoms with Gasteiger partial charge in [0.25, 0.3) is 0 Å². The molecule has 3 nitrogen and oxygen atoms in total. The van der Waals surface area contributed by atoms with Gasteiger partial charge in [-0.15, -0.1) is 11.6 Å². The Labute approximate surface area is 113 Å². The van der Waals surface area contributed by atoms with Crippen LogP contribution in [0.1, 0.15) is 33.3 Å². The summed E-state index contributed by atoms with van der Waals surface area (Å²) in [6.45, 7) is 7.04. The topological polar surface area (TPSA) is 52.3 Å². The standard InChI is InChI=1S/C14H20ClNO2/c1-13(2,15)11(16)12(17)18-14(3,4)10-8-6-5-7-9-10/h5-9,11H,16H2,1-4H3/t11-/m1/s1. The summed E-state index contributed by atoms with van der Waals surface area (Å²) in [5.41, 5.74) is 5.96. The van der Waals surface area contributed by atoms with Gasteiger partial charge < -0.3 is 10.5 Å². The van der Waals surface area contributed by atoms with Crippen molar-refractivity contribution in [1.29, 1.82) is 0 Å². The number of alkyl halides is 1. The van der Waals surface area contributed by atoms with Gasteiger partial charge in [-0.25, -0.2) is 0 Å². The fourth-order valence-electron chi connectivity index (χ4n) is 1.49. The van der Waals surface area contributed by atoms with Crippen molar-refractivity contribution < 1.29 is 9.53 Å². The number of nitrogens with two attached hydrogens (primary N) is 1. The molecule has 0 saturated heterocycles. The van der Waals surface area contributed by atoms with E-state index in [1.54, 1.807) is 13.8 Å². The van der Waals surface area contributed by atoms with Crippen LogP contribution in [0.2, 0.25) is 0 Å². The Morgan fingerprint density at radius 1 is 1.22 bits per heavy atom. The Morgan fingerprint density at radius 3 is 2.17 bits per heavy atom. The summed E-state index contributed by atoms with van der Waals surface area (Å²) in [7, 11) is 0. The number of hydrogen-bond donors (Lipinski definition) is 1. The highest BCUT2D eigenvalue weighted by atomic mass is 35.5. The lowest BCUT2D eigenvalue weighted by Gasteiger charge is -2.30. The minimum atomic E-state index is -0.859. The molecular weight excluding hydrogens is 250 g/mol. The highest BCUT2D eigenvalue weighted by Crippen LogP contribution is 2.26. The molecule has 2 N–H and O–H groups in total. The minimum Gasteiger partial charge on any atom is -0.454 e. The second kappa shape index (κ2) is 5.29. The van der Waals surface area contributed by atoms with Gasteiger partial charge in [-0.3, -0.25) is 4.79 Å². The lowest BCUT2D eigenvalue weighted by Crippen LogP contribution is -2.48. The number of esters is 1. The molecule has 1 aromatic rings. The van der Waals surface area contributed by atoms with Crippen LogP contribution in [-0.2, 0) is 15.1 Å². The molecule has 0 aliphatic carbocycles. The maximum Gasteiger partial charge on any atom is 0.325 e. The molecule has 1 aromatic carbocycles. The first-order chi connectivity index (χ1) is 8.14. The third kappa shape index (κ3) is 3.72. The number of hydrogen-bond acceptors (Lipinski definition) is 3. The number of carbonyl (C=O) groups excluding carboxylic acids is 1. The lowest BCUT2D eigenvalue weighted by atomic mass is 9.97. The molecule has 100 valence electrons. The fourth-order valence-corrected chi connectivity index (χ4v) is 1.58. The van der Waals surface area contributed by atoms with Gasteiger partial charge in [0, 0.05) is 0 Å². The number of benzene rings is 1. The van der Waals surface area contributed by atoms with Crippen LogP contribution in [-0.4, -0.2) is 16.9 Å². The van der Waals surface area contributed by atoms with Gasteiger partial charge >= 0.3 is 5.97 Å². The van der Waals surface area contributed by atoms with Crippen molar-refractivity contribution in [3.63, 3.8) is 0 Å². The molecule has 0 aliphatic heterocycles. The molecule has 0 heterocycles. The molecule has 0 amide bonds. The second-order valence-electron chi connectivity index (χ2n) is 5.34. The summed E-state index contributed by atoms with van der Waals surface area (Å²) < 4.78 is 5.46. The van der Waals surface area contributed by atoms with Gasteiger partial charge in [-0.1, -0.05) is 30.3 Å². The van der Waals surface area contributed by atoms with E-state index in [9.17, 15) is 4.79 Å². The summed E-state index contributed by atoms with van der Waals surface area (Å²) in [5.74, 6) is -0.496. The molecule has 0 fully saturated rings. The predicted octanol–water partition coefficient (Wildman–Crippen LogP) is 2.81. The van der Waals surface area contributed by atoms with Gasteiger partial charge in [0.15, 0.2) is 0 Å². The highest BCUT2D eigenvalue weighted by molar-refractivity contribution is 6.25. The lowest BCUT2D eigenvalue weighted by molar-refractivity contribution is -0.159. The fraction of sp³-hybridized carbons (Fsp3) is 0.500. The van der Waals surface area contributed by atoms with Crippen LogP contribution in [0.15, 0.2) is 30.3 Å². The first-order valence-electron chi connectivity index (χ1n) is 5.87. The van der Waals surface area contributed by atoms with Crippen LogP contribution in [0.4, 0.5) is 0 Å². The second-order valence-corrected chi connectivity index (χ2v) is 6.31. The molecule has 0 bridgehead atoms. The molecule has 0 saturated carbocycles. The monoisotopic (exact) mass is 269 g/mol. The molecule has 4 heteroatoms. The van der Waals surface area contributed by atoms with E-state index in [1.165, 1.54) is 0 Å². The van der Waals surface area contributed by atoms with E-state index in [-0.39, 0.29) is 0 Å². The van der Waals surface area contributed by atoms with Gasteiger partial charge in [0.1, 0.15) is 11.6 Å². The zero-order valence-corrected chi connectivity index (χ0v) is 12.0. The van der Waals surface area contributed by atoms with Crippen LogP contribution < -0.4 is 5.73 Å². The average molecular weight is 270 g/mol. The van der Waals surface area contributed by atoms with Crippen LogP contribution >= 0.6 is 11.6 Å². The number of rotatable bonds is 4. The van der Waals surface area contributed by atoms with Crippen molar-refractivity contribution in [3.8, 4) is 0 Å². The van der Waals surface area contributed by atoms with Crippen molar-refractivity contribution in [2.75, 3.05) is 0 Å². The molecule has 18 heavy (non-hydrogen) atoms. The van der Waals surface area contributed by atoms with E-state index in [1.807, 2.05) is 44.2 Å². The van der Waals surface area contributed by atoms with Crippen molar-refractivity contribution in [3.05, 3.63) is 35.9 Å². The largest absolute Gasteiger partial charge is 0.454 e. The van der Waals surface area contributed by atoms with E-state index < -0.39 is 22.5 Å². The van der Waals surface area contributed by atoms with Gasteiger partial charge in [0.2, 0.25) is 0 Å². The molecule has 0 spiro atoms.